The molecular formula is C16H23N5O2. The van der Waals surface area contributed by atoms with Gasteiger partial charge in [-0.05, 0) is 31.9 Å². The number of nitrogens with zero attached hydrogens (tertiary/aromatic N) is 3. The molecule has 2 aromatic heterocycles. The zero-order valence-corrected chi connectivity index (χ0v) is 14.0. The standard InChI is InChI=1S/C16H23N5O2/c1-11(10-21-13(3)7-12(2)20-21)8-18-16(22)19-14-5-6-15(23-4)17-9-14/h5-7,9,11H,8,10H2,1-4H3,(H2,18,19,22). The number of urea groups is 1. The molecule has 0 saturated heterocycles. The maximum absolute atomic E-state index is 11.9. The molecule has 23 heavy (non-hydrogen) atoms. The van der Waals surface area contributed by atoms with E-state index in [-0.39, 0.29) is 11.9 Å². The highest BCUT2D eigenvalue weighted by molar-refractivity contribution is 5.88. The first-order chi connectivity index (χ1) is 11.0. The highest BCUT2D eigenvalue weighted by Gasteiger charge is 2.09. The molecule has 0 spiro atoms. The molecule has 1 atom stereocenters. The molecule has 0 aliphatic heterocycles. The number of aromatic nitrogens is 3. The number of carbonyl (C=O) groups excluding carboxylic acids is 1. The predicted octanol–water partition coefficient (Wildman–Crippen LogP) is 2.36. The number of amides is 2. The van der Waals surface area contributed by atoms with Crippen molar-refractivity contribution in [3.63, 3.8) is 0 Å². The van der Waals surface area contributed by atoms with E-state index in [4.69, 9.17) is 4.74 Å². The molecule has 1 unspecified atom stereocenters. The lowest BCUT2D eigenvalue weighted by atomic mass is 10.2. The van der Waals surface area contributed by atoms with Gasteiger partial charge in [0.1, 0.15) is 0 Å². The first-order valence-electron chi connectivity index (χ1n) is 7.54. The van der Waals surface area contributed by atoms with Gasteiger partial charge in [-0.2, -0.15) is 5.10 Å². The Morgan fingerprint density at radius 3 is 2.74 bits per heavy atom. The quantitative estimate of drug-likeness (QED) is 0.857. The number of anilines is 1. The Morgan fingerprint density at radius 2 is 2.17 bits per heavy atom. The predicted molar refractivity (Wildman–Crippen MR) is 88.7 cm³/mol. The Balaban J connectivity index is 1.77. The molecule has 2 amide bonds. The lowest BCUT2D eigenvalue weighted by molar-refractivity contribution is 0.249. The van der Waals surface area contributed by atoms with Crippen LogP contribution in [0.15, 0.2) is 24.4 Å². The summed E-state index contributed by atoms with van der Waals surface area (Å²) < 4.78 is 6.94. The molecule has 2 aromatic rings. The van der Waals surface area contributed by atoms with Crippen LogP contribution in [0.4, 0.5) is 10.5 Å². The van der Waals surface area contributed by atoms with Crippen molar-refractivity contribution < 1.29 is 9.53 Å². The van der Waals surface area contributed by atoms with Crippen LogP contribution < -0.4 is 15.4 Å². The van der Waals surface area contributed by atoms with Crippen LogP contribution in [-0.4, -0.2) is 34.5 Å². The smallest absolute Gasteiger partial charge is 0.319 e. The zero-order chi connectivity index (χ0) is 16.8. The number of rotatable bonds is 6. The molecule has 0 bridgehead atoms. The van der Waals surface area contributed by atoms with Gasteiger partial charge < -0.3 is 15.4 Å². The second-order valence-corrected chi connectivity index (χ2v) is 5.64. The fourth-order valence-electron chi connectivity index (χ4n) is 2.24. The summed E-state index contributed by atoms with van der Waals surface area (Å²) in [5.41, 5.74) is 2.75. The summed E-state index contributed by atoms with van der Waals surface area (Å²) in [5, 5.41) is 10.0. The summed E-state index contributed by atoms with van der Waals surface area (Å²) >= 11 is 0. The van der Waals surface area contributed by atoms with Gasteiger partial charge in [-0.25, -0.2) is 9.78 Å². The number of carbonyl (C=O) groups is 1. The first kappa shape index (κ1) is 16.8. The minimum atomic E-state index is -0.253. The second kappa shape index (κ2) is 7.62. The van der Waals surface area contributed by atoms with Crippen molar-refractivity contribution in [1.82, 2.24) is 20.1 Å². The molecule has 7 nitrogen and oxygen atoms in total. The zero-order valence-electron chi connectivity index (χ0n) is 14.0. The summed E-state index contributed by atoms with van der Waals surface area (Å²) in [4.78, 5) is 15.9. The highest BCUT2D eigenvalue weighted by Crippen LogP contribution is 2.10. The molecule has 2 rings (SSSR count). The third-order valence-electron chi connectivity index (χ3n) is 3.40. The average molecular weight is 317 g/mol. The molecule has 2 heterocycles. The van der Waals surface area contributed by atoms with Crippen molar-refractivity contribution >= 4 is 11.7 Å². The van der Waals surface area contributed by atoms with E-state index < -0.39 is 0 Å². The van der Waals surface area contributed by atoms with Gasteiger partial charge in [-0.1, -0.05) is 6.92 Å². The largest absolute Gasteiger partial charge is 0.481 e. The third kappa shape index (κ3) is 4.98. The Labute approximate surface area is 136 Å². The molecule has 0 aromatic carbocycles. The van der Waals surface area contributed by atoms with Gasteiger partial charge in [0.2, 0.25) is 5.88 Å². The molecule has 0 saturated carbocycles. The van der Waals surface area contributed by atoms with E-state index in [1.165, 1.54) is 0 Å². The topological polar surface area (TPSA) is 81.1 Å². The van der Waals surface area contributed by atoms with Crippen LogP contribution >= 0.6 is 0 Å². The van der Waals surface area contributed by atoms with Crippen LogP contribution in [0.5, 0.6) is 5.88 Å². The average Bonchev–Trinajstić information content (AvgIpc) is 2.83. The van der Waals surface area contributed by atoms with E-state index in [9.17, 15) is 4.79 Å². The van der Waals surface area contributed by atoms with Crippen molar-refractivity contribution in [2.24, 2.45) is 5.92 Å². The van der Waals surface area contributed by atoms with Crippen LogP contribution in [0.2, 0.25) is 0 Å². The minimum absolute atomic E-state index is 0.253. The van der Waals surface area contributed by atoms with Crippen LogP contribution in [-0.2, 0) is 6.54 Å². The van der Waals surface area contributed by atoms with E-state index in [0.29, 0.717) is 18.1 Å². The number of aryl methyl sites for hydroxylation is 2. The van der Waals surface area contributed by atoms with Crippen molar-refractivity contribution in [3.8, 4) is 5.88 Å². The van der Waals surface area contributed by atoms with Crippen LogP contribution in [0.25, 0.3) is 0 Å². The molecule has 0 aliphatic carbocycles. The van der Waals surface area contributed by atoms with Crippen molar-refractivity contribution in [2.45, 2.75) is 27.3 Å². The highest BCUT2D eigenvalue weighted by atomic mass is 16.5. The number of nitrogens with one attached hydrogen (secondary N) is 2. The fraction of sp³-hybridized carbons (Fsp3) is 0.438. The monoisotopic (exact) mass is 317 g/mol. The maximum Gasteiger partial charge on any atom is 0.319 e. The molecular weight excluding hydrogens is 294 g/mol. The molecule has 7 heteroatoms. The van der Waals surface area contributed by atoms with E-state index in [1.54, 1.807) is 25.4 Å². The third-order valence-corrected chi connectivity index (χ3v) is 3.40. The van der Waals surface area contributed by atoms with E-state index in [0.717, 1.165) is 17.9 Å². The van der Waals surface area contributed by atoms with Gasteiger partial charge in [-0.3, -0.25) is 4.68 Å². The lowest BCUT2D eigenvalue weighted by Gasteiger charge is -2.14. The number of ether oxygens (including phenoxy) is 1. The number of methoxy groups -OCH3 is 1. The van der Waals surface area contributed by atoms with Gasteiger partial charge in [0.05, 0.1) is 24.7 Å². The Morgan fingerprint density at radius 1 is 1.39 bits per heavy atom. The van der Waals surface area contributed by atoms with Gasteiger partial charge in [-0.15, -0.1) is 0 Å². The molecule has 0 aliphatic rings. The maximum atomic E-state index is 11.9. The number of pyridine rings is 1. The van der Waals surface area contributed by atoms with Gasteiger partial charge in [0.25, 0.3) is 0 Å². The van der Waals surface area contributed by atoms with Crippen molar-refractivity contribution in [3.05, 3.63) is 35.8 Å². The Kier molecular flexibility index (Phi) is 5.56. The summed E-state index contributed by atoms with van der Waals surface area (Å²) in [6.07, 6.45) is 1.55. The van der Waals surface area contributed by atoms with E-state index >= 15 is 0 Å². The molecule has 2 N–H and O–H groups in total. The summed E-state index contributed by atoms with van der Waals surface area (Å²) in [6, 6.07) is 5.23. The Hall–Kier alpha value is -2.57. The molecule has 0 radical (unpaired) electrons. The number of hydrogen-bond acceptors (Lipinski definition) is 4. The van der Waals surface area contributed by atoms with Crippen LogP contribution in [0.1, 0.15) is 18.3 Å². The second-order valence-electron chi connectivity index (χ2n) is 5.64. The van der Waals surface area contributed by atoms with Crippen LogP contribution in [0.3, 0.4) is 0 Å². The van der Waals surface area contributed by atoms with Crippen molar-refractivity contribution in [1.29, 1.82) is 0 Å². The van der Waals surface area contributed by atoms with Crippen molar-refractivity contribution in [2.75, 3.05) is 19.0 Å². The molecule has 0 fully saturated rings. The lowest BCUT2D eigenvalue weighted by Crippen LogP contribution is -2.33. The van der Waals surface area contributed by atoms with Gasteiger partial charge >= 0.3 is 6.03 Å². The summed E-state index contributed by atoms with van der Waals surface area (Å²) in [5.74, 6) is 0.780. The van der Waals surface area contributed by atoms with E-state index in [1.807, 2.05) is 24.6 Å². The summed E-state index contributed by atoms with van der Waals surface area (Å²) in [6.45, 7) is 7.41. The normalized spacial score (nSPS) is 11.8. The Bertz CT molecular complexity index is 651. The van der Waals surface area contributed by atoms with E-state index in [2.05, 4.69) is 27.6 Å². The fourth-order valence-corrected chi connectivity index (χ4v) is 2.24. The molecule has 124 valence electrons. The summed E-state index contributed by atoms with van der Waals surface area (Å²) in [7, 11) is 1.55. The van der Waals surface area contributed by atoms with Crippen LogP contribution in [0, 0.1) is 19.8 Å². The first-order valence-corrected chi connectivity index (χ1v) is 7.54. The number of hydrogen-bond donors (Lipinski definition) is 2. The SMILES string of the molecule is COc1ccc(NC(=O)NCC(C)Cn2nc(C)cc2C)cn1. The van der Waals surface area contributed by atoms with Gasteiger partial charge in [0, 0.05) is 24.8 Å². The minimum Gasteiger partial charge on any atom is -0.481 e. The van der Waals surface area contributed by atoms with Gasteiger partial charge in [0.15, 0.2) is 0 Å².